The minimum atomic E-state index is -1.77. The van der Waals surface area contributed by atoms with Gasteiger partial charge in [0, 0.05) is 6.42 Å². The molecule has 0 aromatic rings. The van der Waals surface area contributed by atoms with Gasteiger partial charge in [-0.15, -0.1) is 0 Å². The summed E-state index contributed by atoms with van der Waals surface area (Å²) in [5, 5.41) is 19.8. The first-order valence-corrected chi connectivity index (χ1v) is 14.0. The van der Waals surface area contributed by atoms with Crippen molar-refractivity contribution in [2.75, 3.05) is 27.7 Å². The maximum atomic E-state index is 12.5. The van der Waals surface area contributed by atoms with Gasteiger partial charge >= 0.3 is 5.97 Å². The van der Waals surface area contributed by atoms with Gasteiger partial charge in [0.25, 0.3) is 0 Å². The van der Waals surface area contributed by atoms with E-state index in [4.69, 9.17) is 5.11 Å². The van der Waals surface area contributed by atoms with Crippen LogP contribution < -0.4 is 0 Å². The highest BCUT2D eigenvalue weighted by Crippen LogP contribution is 2.20. The standard InChI is InChI=1S/C29H55NO4/c1-5-6-7-8-9-10-11-12-13-14-15-16-17-18-19-20-21-22-23-24-27(31)29(34,25-28(32)33)26-30(2,3)4/h12-13,34H,5-11,14-26H2,1-4H3/p+1/b13-12-. The summed E-state index contributed by atoms with van der Waals surface area (Å²) in [6.45, 7) is 2.38. The largest absolute Gasteiger partial charge is 0.481 e. The lowest BCUT2D eigenvalue weighted by Gasteiger charge is -2.33. The van der Waals surface area contributed by atoms with Crippen LogP contribution in [-0.2, 0) is 9.59 Å². The number of Topliss-reactive ketones (excluding diaryl/α,β-unsaturated/α-hetero) is 1. The highest BCUT2D eigenvalue weighted by Gasteiger charge is 2.42. The van der Waals surface area contributed by atoms with Crippen molar-refractivity contribution in [2.45, 2.75) is 135 Å². The van der Waals surface area contributed by atoms with E-state index in [2.05, 4.69) is 19.1 Å². The fraction of sp³-hybridized carbons (Fsp3) is 0.862. The Hall–Kier alpha value is -1.20. The third-order valence-corrected chi connectivity index (χ3v) is 6.36. The lowest BCUT2D eigenvalue weighted by atomic mass is 9.89. The summed E-state index contributed by atoms with van der Waals surface area (Å²) in [6.07, 6.45) is 25.6. The highest BCUT2D eigenvalue weighted by molar-refractivity contribution is 5.90. The predicted molar refractivity (Wildman–Crippen MR) is 143 cm³/mol. The van der Waals surface area contributed by atoms with Crippen molar-refractivity contribution in [3.63, 3.8) is 0 Å². The van der Waals surface area contributed by atoms with Crippen molar-refractivity contribution in [3.05, 3.63) is 12.2 Å². The Morgan fingerprint density at radius 1 is 0.706 bits per heavy atom. The van der Waals surface area contributed by atoms with Crippen LogP contribution in [0.5, 0.6) is 0 Å². The Morgan fingerprint density at radius 3 is 1.53 bits per heavy atom. The summed E-state index contributed by atoms with van der Waals surface area (Å²) in [5.74, 6) is -1.46. The predicted octanol–water partition coefficient (Wildman–Crippen LogP) is 7.07. The van der Waals surface area contributed by atoms with E-state index in [0.29, 0.717) is 4.48 Å². The summed E-state index contributed by atoms with van der Waals surface area (Å²) in [4.78, 5) is 23.7. The number of allylic oxidation sites excluding steroid dienone is 2. The van der Waals surface area contributed by atoms with E-state index in [1.807, 2.05) is 21.1 Å². The minimum absolute atomic E-state index is 0.118. The van der Waals surface area contributed by atoms with Gasteiger partial charge in [-0.25, -0.2) is 0 Å². The first-order chi connectivity index (χ1) is 16.1. The monoisotopic (exact) mass is 482 g/mol. The number of likely N-dealkylation sites (N-methyl/N-ethyl adjacent to an activating group) is 1. The molecule has 0 saturated carbocycles. The second-order valence-electron chi connectivity index (χ2n) is 11.2. The third kappa shape index (κ3) is 20.2. The normalized spacial score (nSPS) is 13.9. The van der Waals surface area contributed by atoms with Gasteiger partial charge < -0.3 is 14.7 Å². The van der Waals surface area contributed by atoms with Crippen LogP contribution in [0.25, 0.3) is 0 Å². The number of carboxylic acids is 1. The van der Waals surface area contributed by atoms with Crippen molar-refractivity contribution < 1.29 is 24.3 Å². The molecule has 0 aliphatic heterocycles. The Labute approximate surface area is 210 Å². The molecule has 0 spiro atoms. The zero-order chi connectivity index (χ0) is 25.7. The van der Waals surface area contributed by atoms with Gasteiger partial charge in [-0.1, -0.05) is 96.1 Å². The molecule has 0 heterocycles. The average molecular weight is 483 g/mol. The van der Waals surface area contributed by atoms with Crippen molar-refractivity contribution in [3.8, 4) is 0 Å². The summed E-state index contributed by atoms with van der Waals surface area (Å²) >= 11 is 0. The number of rotatable bonds is 24. The SMILES string of the molecule is CCCCCCCC/C=C\CCCCCCCCCCCC(=O)C(O)(CC(=O)O)C[N+](C)(C)C. The molecule has 0 aromatic heterocycles. The zero-order valence-electron chi connectivity index (χ0n) is 23.0. The second kappa shape index (κ2) is 20.0. The van der Waals surface area contributed by atoms with E-state index in [1.54, 1.807) is 0 Å². The fourth-order valence-electron chi connectivity index (χ4n) is 4.57. The van der Waals surface area contributed by atoms with Crippen LogP contribution in [-0.4, -0.2) is 59.7 Å². The molecule has 0 radical (unpaired) electrons. The molecule has 200 valence electrons. The minimum Gasteiger partial charge on any atom is -0.481 e. The zero-order valence-corrected chi connectivity index (χ0v) is 23.0. The smallest absolute Gasteiger partial charge is 0.306 e. The van der Waals surface area contributed by atoms with Gasteiger partial charge in [-0.05, 0) is 32.1 Å². The molecule has 5 nitrogen and oxygen atoms in total. The van der Waals surface area contributed by atoms with E-state index in [-0.39, 0.29) is 18.7 Å². The number of hydrogen-bond acceptors (Lipinski definition) is 3. The number of aliphatic hydroxyl groups is 1. The number of quaternary nitrogens is 1. The van der Waals surface area contributed by atoms with Gasteiger partial charge in [0.15, 0.2) is 11.4 Å². The molecule has 5 heteroatoms. The fourth-order valence-corrected chi connectivity index (χ4v) is 4.57. The Kier molecular flexibility index (Phi) is 19.3. The number of nitrogens with zero attached hydrogens (tertiary/aromatic N) is 1. The molecular formula is C29H56NO4+. The topological polar surface area (TPSA) is 74.6 Å². The average Bonchev–Trinajstić information content (AvgIpc) is 2.73. The molecule has 2 N–H and O–H groups in total. The Bertz CT molecular complexity index is 553. The van der Waals surface area contributed by atoms with Gasteiger partial charge in [-0.3, -0.25) is 9.59 Å². The first kappa shape index (κ1) is 32.8. The molecule has 0 amide bonds. The summed E-state index contributed by atoms with van der Waals surface area (Å²) < 4.78 is 0.352. The van der Waals surface area contributed by atoms with Crippen LogP contribution in [0.2, 0.25) is 0 Å². The van der Waals surface area contributed by atoms with Crippen molar-refractivity contribution >= 4 is 11.8 Å². The summed E-state index contributed by atoms with van der Waals surface area (Å²) in [7, 11) is 5.57. The molecule has 0 saturated heterocycles. The van der Waals surface area contributed by atoms with Crippen LogP contribution in [0.3, 0.4) is 0 Å². The molecule has 1 unspecified atom stereocenters. The molecule has 0 fully saturated rings. The van der Waals surface area contributed by atoms with Crippen molar-refractivity contribution in [1.82, 2.24) is 0 Å². The number of aliphatic carboxylic acids is 1. The number of carbonyl (C=O) groups is 2. The Morgan fingerprint density at radius 2 is 1.12 bits per heavy atom. The van der Waals surface area contributed by atoms with Gasteiger partial charge in [0.2, 0.25) is 0 Å². The first-order valence-electron chi connectivity index (χ1n) is 14.0. The van der Waals surface area contributed by atoms with Gasteiger partial charge in [-0.2, -0.15) is 0 Å². The lowest BCUT2D eigenvalue weighted by molar-refractivity contribution is -0.875. The van der Waals surface area contributed by atoms with Crippen molar-refractivity contribution in [2.24, 2.45) is 0 Å². The molecule has 0 bridgehead atoms. The van der Waals surface area contributed by atoms with Crippen molar-refractivity contribution in [1.29, 1.82) is 0 Å². The lowest BCUT2D eigenvalue weighted by Crippen LogP contribution is -2.54. The summed E-state index contributed by atoms with van der Waals surface area (Å²) in [6, 6.07) is 0. The molecule has 0 aromatic carbocycles. The van der Waals surface area contributed by atoms with E-state index < -0.39 is 18.0 Å². The van der Waals surface area contributed by atoms with E-state index in [0.717, 1.165) is 19.3 Å². The molecule has 0 rings (SSSR count). The van der Waals surface area contributed by atoms with Crippen LogP contribution in [0.4, 0.5) is 0 Å². The number of unbranched alkanes of at least 4 members (excludes halogenated alkanes) is 15. The van der Waals surface area contributed by atoms with Gasteiger partial charge in [0.1, 0.15) is 6.54 Å². The molecular weight excluding hydrogens is 426 g/mol. The van der Waals surface area contributed by atoms with Gasteiger partial charge in [0.05, 0.1) is 27.6 Å². The summed E-state index contributed by atoms with van der Waals surface area (Å²) in [5.41, 5.74) is -1.77. The van der Waals surface area contributed by atoms with Crippen LogP contribution in [0, 0.1) is 0 Å². The number of hydrogen-bond donors (Lipinski definition) is 2. The van der Waals surface area contributed by atoms with Crippen LogP contribution >= 0.6 is 0 Å². The molecule has 0 aliphatic rings. The second-order valence-corrected chi connectivity index (χ2v) is 11.2. The maximum absolute atomic E-state index is 12.5. The van der Waals surface area contributed by atoms with Crippen LogP contribution in [0.1, 0.15) is 129 Å². The highest BCUT2D eigenvalue weighted by atomic mass is 16.4. The molecule has 0 aliphatic carbocycles. The number of carboxylic acid groups (broad SMARTS) is 1. The Balaban J connectivity index is 3.66. The van der Waals surface area contributed by atoms with Crippen LogP contribution in [0.15, 0.2) is 12.2 Å². The number of ketones is 1. The van der Waals surface area contributed by atoms with E-state index in [1.165, 1.54) is 89.9 Å². The quantitative estimate of drug-likeness (QED) is 0.0876. The number of carbonyl (C=O) groups excluding carboxylic acids is 1. The third-order valence-electron chi connectivity index (χ3n) is 6.36. The molecule has 1 atom stereocenters. The maximum Gasteiger partial charge on any atom is 0.306 e. The molecule has 34 heavy (non-hydrogen) atoms. The van der Waals surface area contributed by atoms with E-state index >= 15 is 0 Å². The van der Waals surface area contributed by atoms with E-state index in [9.17, 15) is 14.7 Å².